The summed E-state index contributed by atoms with van der Waals surface area (Å²) in [7, 11) is -4.83. The minimum absolute atomic E-state index is 0.111. The molecule has 1 aliphatic rings. The fourth-order valence-electron chi connectivity index (χ4n) is 6.12. The van der Waals surface area contributed by atoms with Gasteiger partial charge in [-0.05, 0) is 31.1 Å². The van der Waals surface area contributed by atoms with Crippen LogP contribution >= 0.6 is 7.82 Å². The van der Waals surface area contributed by atoms with E-state index in [0.717, 1.165) is 44.4 Å². The second-order valence-electron chi connectivity index (χ2n) is 14.0. The van der Waals surface area contributed by atoms with E-state index in [-0.39, 0.29) is 31.1 Å². The summed E-state index contributed by atoms with van der Waals surface area (Å²) >= 11 is 0. The van der Waals surface area contributed by atoms with E-state index >= 15 is 0 Å². The van der Waals surface area contributed by atoms with E-state index in [9.17, 15) is 29.5 Å². The topological polar surface area (TPSA) is 180 Å². The summed E-state index contributed by atoms with van der Waals surface area (Å²) < 4.78 is 26.2. The molecule has 0 saturated heterocycles. The Kier molecular flexibility index (Phi) is 25.1. The number of rotatable bonds is 29. The number of hydrogen-bond acceptors (Lipinski definition) is 9. The summed E-state index contributed by atoms with van der Waals surface area (Å²) in [5.41, 5.74) is 0. The van der Waals surface area contributed by atoms with Crippen LogP contribution < -0.4 is 0 Å². The summed E-state index contributed by atoms with van der Waals surface area (Å²) in [6.07, 6.45) is 20.5. The molecule has 0 amide bonds. The number of unbranched alkanes of at least 4 members (excludes halogenated alkanes) is 11. The van der Waals surface area contributed by atoms with Crippen LogP contribution in [0.1, 0.15) is 143 Å². The third-order valence-electron chi connectivity index (χ3n) is 9.00. The molecule has 286 valence electrons. The zero-order valence-corrected chi connectivity index (χ0v) is 31.2. The van der Waals surface area contributed by atoms with Crippen LogP contribution in [0.4, 0.5) is 0 Å². The van der Waals surface area contributed by atoms with E-state index in [1.165, 1.54) is 44.9 Å². The lowest BCUT2D eigenvalue weighted by Crippen LogP contribution is -2.29. The van der Waals surface area contributed by atoms with E-state index < -0.39 is 57.4 Å². The standard InChI is InChI=1S/C37H67O11P/c1-4-5-14-20-30(38)24-25-33-32(34(39)26-35(33)40)21-17-18-22-36(41)46-27-31(28-47-49(43,44)45)48-37(42)23-16-13-11-9-7-6-8-10-12-15-19-29(2)3/h17-18,24-25,29-35,38-40H,4-16,19-23,26-28H2,1-3H3,(H2,43,44,45)/b18-17-,25-24+/t30-,31-,32+,33-,34+,35-/m1/s1. The first-order valence-corrected chi connectivity index (χ1v) is 20.3. The van der Waals surface area contributed by atoms with Crippen LogP contribution in [0.5, 0.6) is 0 Å². The molecule has 0 aromatic carbocycles. The third kappa shape index (κ3) is 24.3. The normalized spacial score (nSPS) is 21.2. The van der Waals surface area contributed by atoms with Crippen LogP contribution in [0.25, 0.3) is 0 Å². The van der Waals surface area contributed by atoms with Crippen molar-refractivity contribution in [3.05, 3.63) is 24.3 Å². The van der Waals surface area contributed by atoms with Crippen molar-refractivity contribution in [3.63, 3.8) is 0 Å². The number of ether oxygens (including phenoxy) is 2. The Morgan fingerprint density at radius 3 is 2.04 bits per heavy atom. The summed E-state index contributed by atoms with van der Waals surface area (Å²) in [6, 6.07) is 0. The van der Waals surface area contributed by atoms with Gasteiger partial charge in [0.1, 0.15) is 6.61 Å². The van der Waals surface area contributed by atoms with E-state index in [1.807, 2.05) is 0 Å². The molecule has 6 atom stereocenters. The molecule has 0 bridgehead atoms. The van der Waals surface area contributed by atoms with Crippen LogP contribution in [0.2, 0.25) is 0 Å². The summed E-state index contributed by atoms with van der Waals surface area (Å²) in [5.74, 6) is -1.01. The maximum Gasteiger partial charge on any atom is 0.469 e. The summed E-state index contributed by atoms with van der Waals surface area (Å²) in [6.45, 7) is 5.57. The molecule has 1 fully saturated rings. The van der Waals surface area contributed by atoms with Crippen molar-refractivity contribution < 1.29 is 53.3 Å². The first-order valence-electron chi connectivity index (χ1n) is 18.7. The van der Waals surface area contributed by atoms with Gasteiger partial charge in [0, 0.05) is 18.8 Å². The van der Waals surface area contributed by atoms with Gasteiger partial charge in [0.25, 0.3) is 0 Å². The number of aliphatic hydroxyl groups excluding tert-OH is 3. The molecule has 0 unspecified atom stereocenters. The van der Waals surface area contributed by atoms with Gasteiger partial charge in [0.15, 0.2) is 6.10 Å². The molecule has 1 rings (SSSR count). The second-order valence-corrected chi connectivity index (χ2v) is 15.3. The quantitative estimate of drug-likeness (QED) is 0.0231. The van der Waals surface area contributed by atoms with Crippen molar-refractivity contribution in [2.45, 2.75) is 167 Å². The number of phosphoric ester groups is 1. The molecule has 0 aliphatic heterocycles. The second kappa shape index (κ2) is 27.1. The maximum atomic E-state index is 12.4. The zero-order valence-electron chi connectivity index (χ0n) is 30.3. The minimum atomic E-state index is -4.83. The molecule has 1 aliphatic carbocycles. The number of esters is 2. The van der Waals surface area contributed by atoms with Gasteiger partial charge in [-0.1, -0.05) is 129 Å². The highest BCUT2D eigenvalue weighted by atomic mass is 31.2. The minimum Gasteiger partial charge on any atom is -0.461 e. The van der Waals surface area contributed by atoms with Crippen molar-refractivity contribution in [3.8, 4) is 0 Å². The predicted octanol–water partition coefficient (Wildman–Crippen LogP) is 7.08. The molecule has 0 radical (unpaired) electrons. The average molecular weight is 719 g/mol. The van der Waals surface area contributed by atoms with Gasteiger partial charge in [-0.2, -0.15) is 0 Å². The highest BCUT2D eigenvalue weighted by Gasteiger charge is 2.39. The molecule has 49 heavy (non-hydrogen) atoms. The predicted molar refractivity (Wildman–Crippen MR) is 190 cm³/mol. The van der Waals surface area contributed by atoms with Crippen LogP contribution in [-0.4, -0.2) is 74.7 Å². The SMILES string of the molecule is CCCCC[C@@H](O)/C=C/[C@@H]1[C@H](C/C=C\CC(=O)OC[C@H](COP(=O)(O)O)OC(=O)CCCCCCCCCCCCC(C)C)[C@@H](O)C[C@H]1O. The smallest absolute Gasteiger partial charge is 0.461 e. The van der Waals surface area contributed by atoms with E-state index in [4.69, 9.17) is 19.3 Å². The van der Waals surface area contributed by atoms with Crippen LogP contribution in [-0.2, 0) is 28.2 Å². The summed E-state index contributed by atoms with van der Waals surface area (Å²) in [4.78, 5) is 42.9. The number of carbonyl (C=O) groups is 2. The van der Waals surface area contributed by atoms with Gasteiger partial charge >= 0.3 is 19.8 Å². The number of aliphatic hydroxyl groups is 3. The Balaban J connectivity index is 2.40. The number of hydrogen-bond donors (Lipinski definition) is 5. The largest absolute Gasteiger partial charge is 0.469 e. The Bertz CT molecular complexity index is 979. The Hall–Kier alpha value is -1.59. The lowest BCUT2D eigenvalue weighted by atomic mass is 9.89. The number of allylic oxidation sites excluding steroid dienone is 1. The molecule has 5 N–H and O–H groups in total. The number of phosphoric acid groups is 1. The molecular formula is C37H67O11P. The Morgan fingerprint density at radius 2 is 1.43 bits per heavy atom. The molecule has 0 heterocycles. The lowest BCUT2D eigenvalue weighted by molar-refractivity contribution is -0.160. The van der Waals surface area contributed by atoms with E-state index in [1.54, 1.807) is 24.3 Å². The first-order chi connectivity index (χ1) is 23.3. The van der Waals surface area contributed by atoms with E-state index in [2.05, 4.69) is 25.3 Å². The van der Waals surface area contributed by atoms with Gasteiger partial charge < -0.3 is 34.6 Å². The molecule has 11 nitrogen and oxygen atoms in total. The van der Waals surface area contributed by atoms with Crippen molar-refractivity contribution in [1.82, 2.24) is 0 Å². The lowest BCUT2D eigenvalue weighted by Gasteiger charge is -2.19. The van der Waals surface area contributed by atoms with Crippen LogP contribution in [0.15, 0.2) is 24.3 Å². The zero-order chi connectivity index (χ0) is 36.5. The molecule has 0 aromatic rings. The first kappa shape index (κ1) is 45.4. The Morgan fingerprint density at radius 1 is 0.816 bits per heavy atom. The molecule has 0 spiro atoms. The third-order valence-corrected chi connectivity index (χ3v) is 9.49. The highest BCUT2D eigenvalue weighted by Crippen LogP contribution is 2.37. The van der Waals surface area contributed by atoms with Gasteiger partial charge in [0.2, 0.25) is 0 Å². The van der Waals surface area contributed by atoms with Crippen molar-refractivity contribution >= 4 is 19.8 Å². The average Bonchev–Trinajstić information content (AvgIpc) is 3.30. The number of carbonyl (C=O) groups excluding carboxylic acids is 2. The summed E-state index contributed by atoms with van der Waals surface area (Å²) in [5, 5.41) is 31.1. The Labute approximate surface area is 295 Å². The fourth-order valence-corrected chi connectivity index (χ4v) is 6.48. The fraction of sp³-hybridized carbons (Fsp3) is 0.838. The molecule has 12 heteroatoms. The van der Waals surface area contributed by atoms with Crippen molar-refractivity contribution in [2.75, 3.05) is 13.2 Å². The van der Waals surface area contributed by atoms with E-state index in [0.29, 0.717) is 19.3 Å². The van der Waals surface area contributed by atoms with Gasteiger partial charge in [-0.3, -0.25) is 14.1 Å². The molecule has 1 saturated carbocycles. The van der Waals surface area contributed by atoms with Gasteiger partial charge in [0.05, 0.1) is 31.3 Å². The van der Waals surface area contributed by atoms with Gasteiger partial charge in [-0.15, -0.1) is 0 Å². The molecular weight excluding hydrogens is 651 g/mol. The van der Waals surface area contributed by atoms with Crippen LogP contribution in [0.3, 0.4) is 0 Å². The van der Waals surface area contributed by atoms with Crippen molar-refractivity contribution in [1.29, 1.82) is 0 Å². The highest BCUT2D eigenvalue weighted by molar-refractivity contribution is 7.46. The molecule has 0 aromatic heterocycles. The van der Waals surface area contributed by atoms with Crippen molar-refractivity contribution in [2.24, 2.45) is 17.8 Å². The monoisotopic (exact) mass is 718 g/mol. The maximum absolute atomic E-state index is 12.4. The van der Waals surface area contributed by atoms with Gasteiger partial charge in [-0.25, -0.2) is 4.57 Å². The van der Waals surface area contributed by atoms with Crippen LogP contribution in [0, 0.1) is 17.8 Å².